The van der Waals surface area contributed by atoms with Gasteiger partial charge in [-0.3, -0.25) is 9.00 Å². The summed E-state index contributed by atoms with van der Waals surface area (Å²) in [7, 11) is -0.988. The fourth-order valence-corrected chi connectivity index (χ4v) is 2.12. The van der Waals surface area contributed by atoms with Crippen LogP contribution in [0, 0.1) is 0 Å². The molecule has 90 valence electrons. The third kappa shape index (κ3) is 2.31. The Labute approximate surface area is 103 Å². The molecule has 4 heteroatoms. The maximum Gasteiger partial charge on any atom is 0.202 e. The largest absolute Gasteiger partial charge is 0.479 e. The van der Waals surface area contributed by atoms with Gasteiger partial charge in [-0.15, -0.1) is 0 Å². The summed E-state index contributed by atoms with van der Waals surface area (Å²) in [5.74, 6) is 0.545. The van der Waals surface area contributed by atoms with E-state index in [4.69, 9.17) is 4.74 Å². The molecule has 0 spiro atoms. The summed E-state index contributed by atoms with van der Waals surface area (Å²) >= 11 is 0. The molecule has 1 aliphatic rings. The summed E-state index contributed by atoms with van der Waals surface area (Å²) < 4.78 is 16.8. The third-order valence-electron chi connectivity index (χ3n) is 2.69. The topological polar surface area (TPSA) is 43.4 Å². The molecular weight excluding hydrogens is 236 g/mol. The van der Waals surface area contributed by atoms with E-state index in [9.17, 15) is 9.00 Å². The van der Waals surface area contributed by atoms with Gasteiger partial charge in [0.05, 0.1) is 0 Å². The summed E-state index contributed by atoms with van der Waals surface area (Å²) in [4.78, 5) is 12.4. The van der Waals surface area contributed by atoms with Crippen molar-refractivity contribution in [1.82, 2.24) is 0 Å². The Morgan fingerprint density at radius 3 is 2.18 bits per heavy atom. The van der Waals surface area contributed by atoms with Crippen LogP contribution in [0.2, 0.25) is 0 Å². The van der Waals surface area contributed by atoms with Crippen LogP contribution in [0.25, 0.3) is 5.76 Å². The fourth-order valence-electron chi connectivity index (χ4n) is 1.60. The zero-order chi connectivity index (χ0) is 12.6. The zero-order valence-corrected chi connectivity index (χ0v) is 10.8. The van der Waals surface area contributed by atoms with E-state index in [0.717, 1.165) is 10.5 Å². The van der Waals surface area contributed by atoms with Gasteiger partial charge in [-0.1, -0.05) is 12.1 Å². The fraction of sp³-hybridized carbons (Fsp3) is 0.308. The Hall–Kier alpha value is -1.42. The Balaban J connectivity index is 2.29. The second-order valence-corrected chi connectivity index (χ2v) is 5.84. The van der Waals surface area contributed by atoms with Crippen molar-refractivity contribution in [2.24, 2.45) is 0 Å². The van der Waals surface area contributed by atoms with Gasteiger partial charge in [-0.05, 0) is 26.0 Å². The molecule has 1 heterocycles. The third-order valence-corrected chi connectivity index (χ3v) is 3.63. The van der Waals surface area contributed by atoms with Gasteiger partial charge in [0.1, 0.15) is 5.76 Å². The SMILES string of the molecule is C[S@@](=O)c1ccc(C2=CC(=O)C(C)(C)O2)cc1. The summed E-state index contributed by atoms with van der Waals surface area (Å²) in [6.07, 6.45) is 3.14. The van der Waals surface area contributed by atoms with Crippen molar-refractivity contribution >= 4 is 22.3 Å². The molecule has 2 rings (SSSR count). The van der Waals surface area contributed by atoms with Crippen LogP contribution in [0.3, 0.4) is 0 Å². The monoisotopic (exact) mass is 250 g/mol. The van der Waals surface area contributed by atoms with Gasteiger partial charge in [-0.2, -0.15) is 0 Å². The molecule has 3 nitrogen and oxygen atoms in total. The van der Waals surface area contributed by atoms with Crippen molar-refractivity contribution in [3.05, 3.63) is 35.9 Å². The molecule has 1 atom stereocenters. The van der Waals surface area contributed by atoms with Crippen molar-refractivity contribution in [1.29, 1.82) is 0 Å². The van der Waals surface area contributed by atoms with Crippen LogP contribution in [-0.4, -0.2) is 21.8 Å². The number of carbonyl (C=O) groups is 1. The highest BCUT2D eigenvalue weighted by Gasteiger charge is 2.35. The molecule has 1 aromatic rings. The number of carbonyl (C=O) groups excluding carboxylic acids is 1. The predicted octanol–water partition coefficient (Wildman–Crippen LogP) is 2.14. The van der Waals surface area contributed by atoms with E-state index in [1.54, 1.807) is 32.2 Å². The normalized spacial score (nSPS) is 19.7. The highest BCUT2D eigenvalue weighted by atomic mass is 32.2. The predicted molar refractivity (Wildman–Crippen MR) is 66.9 cm³/mol. The van der Waals surface area contributed by atoms with Gasteiger partial charge in [0.15, 0.2) is 5.60 Å². The molecule has 0 N–H and O–H groups in total. The van der Waals surface area contributed by atoms with E-state index in [1.807, 2.05) is 12.1 Å². The molecule has 17 heavy (non-hydrogen) atoms. The quantitative estimate of drug-likeness (QED) is 0.807. The van der Waals surface area contributed by atoms with Crippen LogP contribution in [0.4, 0.5) is 0 Å². The summed E-state index contributed by atoms with van der Waals surface area (Å²) in [5.41, 5.74) is 0.0554. The van der Waals surface area contributed by atoms with Gasteiger partial charge in [0, 0.05) is 33.6 Å². The Kier molecular flexibility index (Phi) is 2.91. The van der Waals surface area contributed by atoms with Gasteiger partial charge in [0.25, 0.3) is 0 Å². The molecule has 0 fully saturated rings. The van der Waals surface area contributed by atoms with E-state index in [2.05, 4.69) is 0 Å². The van der Waals surface area contributed by atoms with E-state index in [1.165, 1.54) is 6.08 Å². The number of ether oxygens (including phenoxy) is 1. The molecule has 0 saturated carbocycles. The molecule has 0 aliphatic carbocycles. The van der Waals surface area contributed by atoms with Crippen molar-refractivity contribution in [3.8, 4) is 0 Å². The lowest BCUT2D eigenvalue weighted by atomic mass is 10.1. The first kappa shape index (κ1) is 12.0. The smallest absolute Gasteiger partial charge is 0.202 e. The van der Waals surface area contributed by atoms with E-state index >= 15 is 0 Å². The average molecular weight is 250 g/mol. The molecule has 1 aliphatic heterocycles. The Morgan fingerprint density at radius 2 is 1.76 bits per heavy atom. The lowest BCUT2D eigenvalue weighted by Gasteiger charge is -2.18. The van der Waals surface area contributed by atoms with E-state index in [-0.39, 0.29) is 5.78 Å². The first-order chi connectivity index (χ1) is 7.90. The Morgan fingerprint density at radius 1 is 1.18 bits per heavy atom. The average Bonchev–Trinajstić information content (AvgIpc) is 2.54. The van der Waals surface area contributed by atoms with Crippen LogP contribution in [0.1, 0.15) is 19.4 Å². The van der Waals surface area contributed by atoms with E-state index < -0.39 is 16.4 Å². The van der Waals surface area contributed by atoms with Gasteiger partial charge in [0.2, 0.25) is 5.78 Å². The minimum Gasteiger partial charge on any atom is -0.479 e. The summed E-state index contributed by atoms with van der Waals surface area (Å²) in [5, 5.41) is 0. The van der Waals surface area contributed by atoms with Crippen LogP contribution in [0.5, 0.6) is 0 Å². The molecule has 0 bridgehead atoms. The lowest BCUT2D eigenvalue weighted by Crippen LogP contribution is -2.27. The second-order valence-electron chi connectivity index (χ2n) is 4.46. The highest BCUT2D eigenvalue weighted by Crippen LogP contribution is 2.31. The molecule has 0 saturated heterocycles. The van der Waals surface area contributed by atoms with Crippen LogP contribution in [-0.2, 0) is 20.3 Å². The zero-order valence-electron chi connectivity index (χ0n) is 10.0. The Bertz CT molecular complexity index is 512. The second kappa shape index (κ2) is 4.11. The molecule has 0 aromatic heterocycles. The first-order valence-corrected chi connectivity index (χ1v) is 6.85. The molecule has 0 amide bonds. The minimum atomic E-state index is -0.988. The first-order valence-electron chi connectivity index (χ1n) is 5.29. The molecule has 0 unspecified atom stereocenters. The molecule has 0 radical (unpaired) electrons. The van der Waals surface area contributed by atoms with Gasteiger partial charge in [-0.25, -0.2) is 0 Å². The summed E-state index contributed by atoms with van der Waals surface area (Å²) in [6, 6.07) is 7.20. The molecule has 1 aromatic carbocycles. The minimum absolute atomic E-state index is 0.0318. The highest BCUT2D eigenvalue weighted by molar-refractivity contribution is 7.84. The van der Waals surface area contributed by atoms with Gasteiger partial charge >= 0.3 is 0 Å². The van der Waals surface area contributed by atoms with E-state index in [0.29, 0.717) is 5.76 Å². The number of ketones is 1. The number of hydrogen-bond donors (Lipinski definition) is 0. The number of benzene rings is 1. The maximum absolute atomic E-state index is 11.6. The number of rotatable bonds is 2. The standard InChI is InChI=1S/C13H14O3S/c1-13(2)12(14)8-11(16-13)9-4-6-10(7-5-9)17(3)15/h4-8H,1-3H3/t17-/m1/s1. The maximum atomic E-state index is 11.6. The number of hydrogen-bond acceptors (Lipinski definition) is 3. The van der Waals surface area contributed by atoms with Crippen LogP contribution in [0.15, 0.2) is 35.2 Å². The van der Waals surface area contributed by atoms with Crippen LogP contribution >= 0.6 is 0 Å². The lowest BCUT2D eigenvalue weighted by molar-refractivity contribution is -0.125. The summed E-state index contributed by atoms with van der Waals surface area (Å²) in [6.45, 7) is 3.49. The molecular formula is C13H14O3S. The van der Waals surface area contributed by atoms with Crippen molar-refractivity contribution in [3.63, 3.8) is 0 Å². The van der Waals surface area contributed by atoms with Crippen LogP contribution < -0.4 is 0 Å². The van der Waals surface area contributed by atoms with Crippen molar-refractivity contribution in [2.75, 3.05) is 6.26 Å². The van der Waals surface area contributed by atoms with Crippen molar-refractivity contribution in [2.45, 2.75) is 24.3 Å². The van der Waals surface area contributed by atoms with Gasteiger partial charge < -0.3 is 4.74 Å². The van der Waals surface area contributed by atoms with Crippen molar-refractivity contribution < 1.29 is 13.7 Å².